The molecule has 0 atom stereocenters. The van der Waals surface area contributed by atoms with E-state index in [1.807, 2.05) is 0 Å². The first-order chi connectivity index (χ1) is 4.83. The average molecular weight is 201 g/mol. The Hall–Kier alpha value is -0.440. The van der Waals surface area contributed by atoms with Crippen LogP contribution < -0.4 is 0 Å². The summed E-state index contributed by atoms with van der Waals surface area (Å²) in [6.07, 6.45) is 5.62. The van der Waals surface area contributed by atoms with E-state index >= 15 is 0 Å². The van der Waals surface area contributed by atoms with Gasteiger partial charge in [-0.25, -0.2) is 4.98 Å². The van der Waals surface area contributed by atoms with Crippen molar-refractivity contribution >= 4 is 15.9 Å². The number of hydrogen-bond donors (Lipinski definition) is 0. The Labute approximate surface area is 68.8 Å². The topological polar surface area (TPSA) is 25.8 Å². The van der Waals surface area contributed by atoms with E-state index in [0.29, 0.717) is 0 Å². The van der Waals surface area contributed by atoms with Gasteiger partial charge in [-0.15, -0.1) is 0 Å². The first-order valence-electron chi connectivity index (χ1n) is 3.29. The minimum atomic E-state index is 0.818. The molecule has 0 bridgehead atoms. The van der Waals surface area contributed by atoms with E-state index in [0.717, 1.165) is 23.1 Å². The maximum absolute atomic E-state index is 4.22. The van der Waals surface area contributed by atoms with Gasteiger partial charge in [0.25, 0.3) is 0 Å². The van der Waals surface area contributed by atoms with Crippen LogP contribution in [0.2, 0.25) is 0 Å². The molecular formula is C7H9BrN2. The molecule has 0 amide bonds. The summed E-state index contributed by atoms with van der Waals surface area (Å²) in [7, 11) is 0. The van der Waals surface area contributed by atoms with E-state index in [9.17, 15) is 0 Å². The fourth-order valence-electron chi connectivity index (χ4n) is 0.756. The predicted octanol–water partition coefficient (Wildman–Crippen LogP) is 2.19. The molecule has 0 radical (unpaired) electrons. The summed E-state index contributed by atoms with van der Waals surface area (Å²) in [4.78, 5) is 8.21. The third kappa shape index (κ3) is 2.06. The van der Waals surface area contributed by atoms with Crippen molar-refractivity contribution in [2.45, 2.75) is 19.8 Å². The zero-order chi connectivity index (χ0) is 7.40. The second kappa shape index (κ2) is 3.66. The van der Waals surface area contributed by atoms with Gasteiger partial charge < -0.3 is 0 Å². The highest BCUT2D eigenvalue weighted by Crippen LogP contribution is 2.04. The molecule has 0 spiro atoms. The maximum Gasteiger partial charge on any atom is 0.124 e. The standard InChI is InChI=1S/C7H9BrN2/c1-2-3-6-4-9-5-7(8)10-6/h4-5H,2-3H2,1H3. The first kappa shape index (κ1) is 7.66. The second-order valence-corrected chi connectivity index (χ2v) is 2.90. The van der Waals surface area contributed by atoms with Gasteiger partial charge in [0.15, 0.2) is 0 Å². The van der Waals surface area contributed by atoms with Crippen LogP contribution in [0.15, 0.2) is 17.0 Å². The molecule has 0 aromatic carbocycles. The van der Waals surface area contributed by atoms with E-state index in [2.05, 4.69) is 32.8 Å². The SMILES string of the molecule is CCCc1cncc(Br)n1. The van der Waals surface area contributed by atoms with Crippen molar-refractivity contribution in [3.8, 4) is 0 Å². The van der Waals surface area contributed by atoms with Gasteiger partial charge in [0.05, 0.1) is 11.9 Å². The van der Waals surface area contributed by atoms with E-state index < -0.39 is 0 Å². The maximum atomic E-state index is 4.22. The van der Waals surface area contributed by atoms with Crippen LogP contribution in [0.3, 0.4) is 0 Å². The Balaban J connectivity index is 2.75. The van der Waals surface area contributed by atoms with Crippen LogP contribution in [0, 0.1) is 0 Å². The van der Waals surface area contributed by atoms with Crippen LogP contribution in [0.4, 0.5) is 0 Å². The summed E-state index contributed by atoms with van der Waals surface area (Å²) in [5.74, 6) is 0. The van der Waals surface area contributed by atoms with E-state index in [1.165, 1.54) is 0 Å². The normalized spacial score (nSPS) is 9.80. The summed E-state index contributed by atoms with van der Waals surface area (Å²) in [5.41, 5.74) is 1.05. The number of halogens is 1. The van der Waals surface area contributed by atoms with Crippen molar-refractivity contribution in [3.63, 3.8) is 0 Å². The molecule has 2 nitrogen and oxygen atoms in total. The van der Waals surface area contributed by atoms with Crippen molar-refractivity contribution in [3.05, 3.63) is 22.7 Å². The fourth-order valence-corrected chi connectivity index (χ4v) is 1.10. The van der Waals surface area contributed by atoms with E-state index in [4.69, 9.17) is 0 Å². The molecule has 0 aliphatic rings. The van der Waals surface area contributed by atoms with Crippen molar-refractivity contribution in [1.29, 1.82) is 0 Å². The summed E-state index contributed by atoms with van der Waals surface area (Å²) < 4.78 is 0.818. The zero-order valence-electron chi connectivity index (χ0n) is 5.84. The number of aromatic nitrogens is 2. The van der Waals surface area contributed by atoms with E-state index in [-0.39, 0.29) is 0 Å². The monoisotopic (exact) mass is 200 g/mol. The molecule has 54 valence electrons. The molecule has 0 aliphatic carbocycles. The number of hydrogen-bond acceptors (Lipinski definition) is 2. The van der Waals surface area contributed by atoms with Gasteiger partial charge in [-0.2, -0.15) is 0 Å². The van der Waals surface area contributed by atoms with Crippen LogP contribution in [0.1, 0.15) is 19.0 Å². The molecule has 0 aliphatic heterocycles. The number of rotatable bonds is 2. The molecular weight excluding hydrogens is 192 g/mol. The lowest BCUT2D eigenvalue weighted by Crippen LogP contribution is -1.89. The molecule has 3 heteroatoms. The van der Waals surface area contributed by atoms with Crippen LogP contribution in [0.5, 0.6) is 0 Å². The van der Waals surface area contributed by atoms with Gasteiger partial charge in [0.2, 0.25) is 0 Å². The van der Waals surface area contributed by atoms with Gasteiger partial charge >= 0.3 is 0 Å². The molecule has 0 fully saturated rings. The van der Waals surface area contributed by atoms with Crippen molar-refractivity contribution in [2.75, 3.05) is 0 Å². The second-order valence-electron chi connectivity index (χ2n) is 2.08. The smallest absolute Gasteiger partial charge is 0.124 e. The highest BCUT2D eigenvalue weighted by molar-refractivity contribution is 9.10. The highest BCUT2D eigenvalue weighted by Gasteiger charge is 1.92. The Morgan fingerprint density at radius 2 is 2.30 bits per heavy atom. The molecule has 0 N–H and O–H groups in total. The Morgan fingerprint density at radius 1 is 1.50 bits per heavy atom. The third-order valence-corrected chi connectivity index (χ3v) is 1.54. The van der Waals surface area contributed by atoms with Gasteiger partial charge in [-0.05, 0) is 22.4 Å². The van der Waals surface area contributed by atoms with Crippen molar-refractivity contribution in [1.82, 2.24) is 9.97 Å². The Kier molecular flexibility index (Phi) is 2.81. The molecule has 0 saturated carbocycles. The van der Waals surface area contributed by atoms with E-state index in [1.54, 1.807) is 12.4 Å². The van der Waals surface area contributed by atoms with Gasteiger partial charge in [0.1, 0.15) is 4.60 Å². The lowest BCUT2D eigenvalue weighted by molar-refractivity contribution is 0.865. The average Bonchev–Trinajstić information content (AvgIpc) is 1.88. The molecule has 1 aromatic heterocycles. The largest absolute Gasteiger partial charge is 0.260 e. The molecule has 0 saturated heterocycles. The molecule has 1 rings (SSSR count). The molecule has 1 heterocycles. The summed E-state index contributed by atoms with van der Waals surface area (Å²) in [6, 6.07) is 0. The summed E-state index contributed by atoms with van der Waals surface area (Å²) in [5, 5.41) is 0. The minimum Gasteiger partial charge on any atom is -0.260 e. The van der Waals surface area contributed by atoms with Crippen LogP contribution in [-0.2, 0) is 6.42 Å². The first-order valence-corrected chi connectivity index (χ1v) is 4.08. The lowest BCUT2D eigenvalue weighted by atomic mass is 10.3. The van der Waals surface area contributed by atoms with Gasteiger partial charge in [-0.3, -0.25) is 4.98 Å². The quantitative estimate of drug-likeness (QED) is 0.732. The minimum absolute atomic E-state index is 0.818. The fraction of sp³-hybridized carbons (Fsp3) is 0.429. The number of aryl methyl sites for hydroxylation is 1. The van der Waals surface area contributed by atoms with Crippen LogP contribution in [0.25, 0.3) is 0 Å². The lowest BCUT2D eigenvalue weighted by Gasteiger charge is -1.95. The molecule has 0 unspecified atom stereocenters. The summed E-state index contributed by atoms with van der Waals surface area (Å²) >= 11 is 3.26. The van der Waals surface area contributed by atoms with Crippen molar-refractivity contribution < 1.29 is 0 Å². The predicted molar refractivity (Wildman–Crippen MR) is 43.7 cm³/mol. The number of nitrogens with zero attached hydrogens (tertiary/aromatic N) is 2. The van der Waals surface area contributed by atoms with Gasteiger partial charge in [-0.1, -0.05) is 13.3 Å². The molecule has 1 aromatic rings. The summed E-state index contributed by atoms with van der Waals surface area (Å²) in [6.45, 7) is 2.13. The van der Waals surface area contributed by atoms with Gasteiger partial charge in [0, 0.05) is 6.20 Å². The highest BCUT2D eigenvalue weighted by atomic mass is 79.9. The van der Waals surface area contributed by atoms with Crippen molar-refractivity contribution in [2.24, 2.45) is 0 Å². The zero-order valence-corrected chi connectivity index (χ0v) is 7.43. The Bertz CT molecular complexity index is 213. The van der Waals surface area contributed by atoms with Crippen LogP contribution >= 0.6 is 15.9 Å². The third-order valence-electron chi connectivity index (χ3n) is 1.16. The Morgan fingerprint density at radius 3 is 2.90 bits per heavy atom. The van der Waals surface area contributed by atoms with Crippen LogP contribution in [-0.4, -0.2) is 9.97 Å². The molecule has 10 heavy (non-hydrogen) atoms.